The van der Waals surface area contributed by atoms with Crippen LogP contribution in [0.2, 0.25) is 0 Å². The fourth-order valence-electron chi connectivity index (χ4n) is 2.31. The summed E-state index contributed by atoms with van der Waals surface area (Å²) < 4.78 is 11.8. The van der Waals surface area contributed by atoms with Crippen LogP contribution >= 0.6 is 0 Å². The largest absolute Gasteiger partial charge is 0.465 e. The molecule has 0 amide bonds. The summed E-state index contributed by atoms with van der Waals surface area (Å²) >= 11 is 0. The molecule has 26 heavy (non-hydrogen) atoms. The topological polar surface area (TPSA) is 30.8 Å². The maximum absolute atomic E-state index is 6.05. The first-order chi connectivity index (χ1) is 12.7. The summed E-state index contributed by atoms with van der Waals surface area (Å²) in [5.74, 6) is 2.01. The van der Waals surface area contributed by atoms with Crippen LogP contribution in [-0.4, -0.2) is 5.90 Å². The van der Waals surface area contributed by atoms with Crippen LogP contribution in [0.5, 0.6) is 11.5 Å². The van der Waals surface area contributed by atoms with E-state index in [9.17, 15) is 0 Å². The third kappa shape index (κ3) is 5.08. The van der Waals surface area contributed by atoms with Crippen molar-refractivity contribution in [3.05, 3.63) is 102 Å². The van der Waals surface area contributed by atoms with Crippen molar-refractivity contribution in [3.63, 3.8) is 0 Å². The van der Waals surface area contributed by atoms with E-state index in [-0.39, 0.29) is 0 Å². The molecule has 0 fully saturated rings. The van der Waals surface area contributed by atoms with Gasteiger partial charge in [-0.15, -0.1) is 0 Å². The lowest BCUT2D eigenvalue weighted by Gasteiger charge is -2.11. The van der Waals surface area contributed by atoms with Crippen molar-refractivity contribution in [3.8, 4) is 11.5 Å². The molecule has 0 aromatic heterocycles. The van der Waals surface area contributed by atoms with Crippen LogP contribution in [0.4, 0.5) is 5.69 Å². The van der Waals surface area contributed by atoms with E-state index in [0.717, 1.165) is 28.3 Å². The number of para-hydroxylation sites is 2. The van der Waals surface area contributed by atoms with Crippen molar-refractivity contribution in [2.45, 2.75) is 13.8 Å². The van der Waals surface area contributed by atoms with Crippen LogP contribution in [0.1, 0.15) is 12.5 Å². The average Bonchev–Trinajstić information content (AvgIpc) is 2.67. The van der Waals surface area contributed by atoms with E-state index in [1.54, 1.807) is 6.26 Å². The number of ether oxygens (including phenoxy) is 2. The predicted molar refractivity (Wildman–Crippen MR) is 106 cm³/mol. The minimum atomic E-state index is 0.498. The van der Waals surface area contributed by atoms with Gasteiger partial charge in [-0.2, -0.15) is 0 Å². The summed E-state index contributed by atoms with van der Waals surface area (Å²) in [6.07, 6.45) is 1.66. The molecule has 0 saturated carbocycles. The zero-order valence-corrected chi connectivity index (χ0v) is 14.9. The molecular formula is C23H21NO2. The molecule has 0 radical (unpaired) electrons. The van der Waals surface area contributed by atoms with Crippen LogP contribution in [0.3, 0.4) is 0 Å². The second-order valence-corrected chi connectivity index (χ2v) is 5.90. The quantitative estimate of drug-likeness (QED) is 0.319. The van der Waals surface area contributed by atoms with Gasteiger partial charge in [-0.1, -0.05) is 48.5 Å². The minimum Gasteiger partial charge on any atom is -0.465 e. The summed E-state index contributed by atoms with van der Waals surface area (Å²) in [6, 6.07) is 27.2. The molecule has 0 aliphatic heterocycles. The van der Waals surface area contributed by atoms with Crippen LogP contribution in [0.15, 0.2) is 102 Å². The van der Waals surface area contributed by atoms with Gasteiger partial charge in [0.05, 0.1) is 11.9 Å². The molecule has 3 rings (SSSR count). The van der Waals surface area contributed by atoms with Gasteiger partial charge in [-0.05, 0) is 55.8 Å². The van der Waals surface area contributed by atoms with Gasteiger partial charge in [0, 0.05) is 5.57 Å². The Bertz CT molecular complexity index is 900. The summed E-state index contributed by atoms with van der Waals surface area (Å²) in [5, 5.41) is 0. The maximum atomic E-state index is 6.05. The second-order valence-electron chi connectivity index (χ2n) is 5.90. The van der Waals surface area contributed by atoms with E-state index in [4.69, 9.17) is 9.47 Å². The number of hydrogen-bond donors (Lipinski definition) is 0. The lowest BCUT2D eigenvalue weighted by Crippen LogP contribution is -2.11. The molecular weight excluding hydrogens is 322 g/mol. The molecule has 3 aromatic carbocycles. The number of aliphatic imine (C=N–C) groups is 1. The fraction of sp³-hybridized carbons (Fsp3) is 0.0870. The molecule has 3 heteroatoms. The number of aryl methyl sites for hydroxylation is 1. The Morgan fingerprint density at radius 2 is 1.46 bits per heavy atom. The van der Waals surface area contributed by atoms with Crippen molar-refractivity contribution in [2.75, 3.05) is 0 Å². The summed E-state index contributed by atoms with van der Waals surface area (Å²) in [4.78, 5) is 4.64. The van der Waals surface area contributed by atoms with E-state index in [1.807, 2.05) is 98.8 Å². The summed E-state index contributed by atoms with van der Waals surface area (Å²) in [7, 11) is 0. The summed E-state index contributed by atoms with van der Waals surface area (Å²) in [6.45, 7) is 3.95. The molecule has 3 nitrogen and oxygen atoms in total. The fourth-order valence-corrected chi connectivity index (χ4v) is 2.31. The van der Waals surface area contributed by atoms with Gasteiger partial charge in [0.2, 0.25) is 5.90 Å². The highest BCUT2D eigenvalue weighted by molar-refractivity contribution is 5.96. The Balaban J connectivity index is 1.88. The standard InChI is InChI=1S/C23H21NO2/c1-18-10-9-15-22(16-18)26-23(24-20-11-5-3-6-12-20)19(2)17-25-21-13-7-4-8-14-21/h3-17H,1-2H3/b19-17+,24-23-. The van der Waals surface area contributed by atoms with Gasteiger partial charge in [0.15, 0.2) is 0 Å². The molecule has 0 saturated heterocycles. The van der Waals surface area contributed by atoms with Gasteiger partial charge < -0.3 is 9.47 Å². The van der Waals surface area contributed by atoms with Crippen molar-refractivity contribution in [1.29, 1.82) is 0 Å². The zero-order valence-electron chi connectivity index (χ0n) is 14.9. The Morgan fingerprint density at radius 1 is 0.808 bits per heavy atom. The van der Waals surface area contributed by atoms with E-state index < -0.39 is 0 Å². The minimum absolute atomic E-state index is 0.498. The van der Waals surface area contributed by atoms with Crippen molar-refractivity contribution < 1.29 is 9.47 Å². The van der Waals surface area contributed by atoms with Gasteiger partial charge >= 0.3 is 0 Å². The maximum Gasteiger partial charge on any atom is 0.225 e. The van der Waals surface area contributed by atoms with Crippen LogP contribution < -0.4 is 9.47 Å². The molecule has 0 N–H and O–H groups in total. The first kappa shape index (κ1) is 17.5. The molecule has 0 atom stereocenters. The molecule has 130 valence electrons. The van der Waals surface area contributed by atoms with Gasteiger partial charge in [-0.25, -0.2) is 4.99 Å². The van der Waals surface area contributed by atoms with Gasteiger partial charge in [-0.3, -0.25) is 0 Å². The van der Waals surface area contributed by atoms with E-state index in [1.165, 1.54) is 0 Å². The lowest BCUT2D eigenvalue weighted by molar-refractivity contribution is 0.473. The number of hydrogen-bond acceptors (Lipinski definition) is 3. The highest BCUT2D eigenvalue weighted by Gasteiger charge is 2.08. The smallest absolute Gasteiger partial charge is 0.225 e. The van der Waals surface area contributed by atoms with E-state index >= 15 is 0 Å². The third-order valence-corrected chi connectivity index (χ3v) is 3.64. The first-order valence-electron chi connectivity index (χ1n) is 8.48. The van der Waals surface area contributed by atoms with E-state index in [0.29, 0.717) is 5.90 Å². The van der Waals surface area contributed by atoms with Crippen molar-refractivity contribution >= 4 is 11.6 Å². The third-order valence-electron chi connectivity index (χ3n) is 3.64. The molecule has 0 unspecified atom stereocenters. The average molecular weight is 343 g/mol. The number of benzene rings is 3. The molecule has 0 aliphatic rings. The van der Waals surface area contributed by atoms with Crippen LogP contribution in [0, 0.1) is 6.92 Å². The van der Waals surface area contributed by atoms with Gasteiger partial charge in [0.1, 0.15) is 11.5 Å². The highest BCUT2D eigenvalue weighted by Crippen LogP contribution is 2.19. The van der Waals surface area contributed by atoms with Crippen LogP contribution in [0.25, 0.3) is 0 Å². The van der Waals surface area contributed by atoms with Crippen molar-refractivity contribution in [1.82, 2.24) is 0 Å². The Hall–Kier alpha value is -3.33. The summed E-state index contributed by atoms with van der Waals surface area (Å²) in [5.41, 5.74) is 2.74. The van der Waals surface area contributed by atoms with Crippen molar-refractivity contribution in [2.24, 2.45) is 4.99 Å². The Labute approximate surface area is 154 Å². The highest BCUT2D eigenvalue weighted by atomic mass is 16.5. The molecule has 0 bridgehead atoms. The SMILES string of the molecule is CC(=C\Oc1ccccc1)/C(=N/c1ccccc1)Oc1cccc(C)c1. The molecule has 0 heterocycles. The molecule has 3 aromatic rings. The number of nitrogens with zero attached hydrogens (tertiary/aromatic N) is 1. The van der Waals surface area contributed by atoms with E-state index in [2.05, 4.69) is 4.99 Å². The number of rotatable bonds is 5. The zero-order chi connectivity index (χ0) is 18.2. The lowest BCUT2D eigenvalue weighted by atomic mass is 10.2. The normalized spacial score (nSPS) is 11.9. The second kappa shape index (κ2) is 8.67. The molecule has 0 aliphatic carbocycles. The monoisotopic (exact) mass is 343 g/mol. The van der Waals surface area contributed by atoms with Crippen LogP contribution in [-0.2, 0) is 0 Å². The Kier molecular flexibility index (Phi) is 5.84. The first-order valence-corrected chi connectivity index (χ1v) is 8.48. The van der Waals surface area contributed by atoms with Gasteiger partial charge in [0.25, 0.3) is 0 Å². The molecule has 0 spiro atoms. The Morgan fingerprint density at radius 3 is 2.15 bits per heavy atom. The predicted octanol–water partition coefficient (Wildman–Crippen LogP) is 6.09.